The lowest BCUT2D eigenvalue weighted by Gasteiger charge is -2.37. The highest BCUT2D eigenvalue weighted by atomic mass is 16.7. The molecule has 1 heterocycles. The maximum Gasteiger partial charge on any atom is 0.251 e. The molecule has 8 nitrogen and oxygen atoms in total. The lowest BCUT2D eigenvalue weighted by molar-refractivity contribution is -0.225. The molecule has 31 heavy (non-hydrogen) atoms. The van der Waals surface area contributed by atoms with Crippen molar-refractivity contribution in [2.24, 2.45) is 5.92 Å². The summed E-state index contributed by atoms with van der Waals surface area (Å²) in [6, 6.07) is 12.0. The zero-order chi connectivity index (χ0) is 22.5. The molecule has 0 saturated carbocycles. The molecule has 4 N–H and O–H groups in total. The van der Waals surface area contributed by atoms with Crippen molar-refractivity contribution in [2.45, 2.75) is 31.8 Å². The van der Waals surface area contributed by atoms with Crippen LogP contribution < -0.4 is 15.4 Å². The number of rotatable bonds is 6. The minimum Gasteiger partial charge on any atom is -0.462 e. The second-order valence-corrected chi connectivity index (χ2v) is 7.61. The van der Waals surface area contributed by atoms with Crippen molar-refractivity contribution >= 4 is 11.8 Å². The minimum absolute atomic E-state index is 0.0641. The molecule has 1 saturated heterocycles. The molecule has 8 heteroatoms. The van der Waals surface area contributed by atoms with Crippen molar-refractivity contribution in [2.75, 3.05) is 20.7 Å². The summed E-state index contributed by atoms with van der Waals surface area (Å²) in [5.74, 6) is -0.149. The van der Waals surface area contributed by atoms with Crippen molar-refractivity contribution < 1.29 is 29.3 Å². The predicted molar refractivity (Wildman–Crippen MR) is 115 cm³/mol. The monoisotopic (exact) mass is 428 g/mol. The molecule has 2 aromatic carbocycles. The Bertz CT molecular complexity index is 896. The summed E-state index contributed by atoms with van der Waals surface area (Å²) in [6.45, 7) is 1.75. The van der Waals surface area contributed by atoms with E-state index in [0.717, 1.165) is 5.56 Å². The average molecular weight is 428 g/mol. The van der Waals surface area contributed by atoms with Gasteiger partial charge in [-0.3, -0.25) is 9.59 Å². The second-order valence-electron chi connectivity index (χ2n) is 7.61. The van der Waals surface area contributed by atoms with Gasteiger partial charge in [0.05, 0.1) is 12.7 Å². The van der Waals surface area contributed by atoms with Gasteiger partial charge >= 0.3 is 0 Å². The molecule has 0 spiro atoms. The smallest absolute Gasteiger partial charge is 0.251 e. The van der Waals surface area contributed by atoms with Crippen LogP contribution >= 0.6 is 0 Å². The van der Waals surface area contributed by atoms with Crippen LogP contribution in [0.4, 0.5) is 0 Å². The lowest BCUT2D eigenvalue weighted by atomic mass is 9.94. The number of hydrogen-bond acceptors (Lipinski definition) is 6. The van der Waals surface area contributed by atoms with E-state index in [-0.39, 0.29) is 30.4 Å². The summed E-state index contributed by atoms with van der Waals surface area (Å²) in [4.78, 5) is 24.3. The Morgan fingerprint density at radius 2 is 1.61 bits per heavy atom. The zero-order valence-electron chi connectivity index (χ0n) is 17.8. The van der Waals surface area contributed by atoms with E-state index in [1.54, 1.807) is 42.5 Å². The van der Waals surface area contributed by atoms with Gasteiger partial charge < -0.3 is 30.3 Å². The summed E-state index contributed by atoms with van der Waals surface area (Å²) in [6.07, 6.45) is -1.49. The van der Waals surface area contributed by atoms with Crippen molar-refractivity contribution in [1.82, 2.24) is 10.6 Å². The first-order valence-electron chi connectivity index (χ1n) is 10.2. The topological polar surface area (TPSA) is 117 Å². The Balaban J connectivity index is 1.84. The molecule has 0 aliphatic carbocycles. The van der Waals surface area contributed by atoms with Crippen LogP contribution in [-0.2, 0) is 4.74 Å². The van der Waals surface area contributed by atoms with Crippen LogP contribution in [0.3, 0.4) is 0 Å². The summed E-state index contributed by atoms with van der Waals surface area (Å²) in [5, 5.41) is 24.9. The second kappa shape index (κ2) is 9.91. The van der Waals surface area contributed by atoms with Gasteiger partial charge in [0.1, 0.15) is 11.9 Å². The van der Waals surface area contributed by atoms with Crippen LogP contribution in [0.2, 0.25) is 0 Å². The van der Waals surface area contributed by atoms with Gasteiger partial charge in [-0.25, -0.2) is 0 Å². The number of aliphatic hydroxyl groups is 2. The van der Waals surface area contributed by atoms with E-state index < -0.39 is 12.4 Å². The van der Waals surface area contributed by atoms with Crippen LogP contribution in [0.25, 0.3) is 11.1 Å². The number of amides is 2. The number of carbonyl (C=O) groups is 2. The van der Waals surface area contributed by atoms with Gasteiger partial charge in [-0.1, -0.05) is 19.1 Å². The van der Waals surface area contributed by atoms with E-state index in [9.17, 15) is 19.8 Å². The van der Waals surface area contributed by atoms with E-state index in [1.165, 1.54) is 14.1 Å². The lowest BCUT2D eigenvalue weighted by Crippen LogP contribution is -2.48. The van der Waals surface area contributed by atoms with E-state index in [1.807, 2.05) is 6.92 Å². The first-order valence-corrected chi connectivity index (χ1v) is 10.2. The van der Waals surface area contributed by atoms with Gasteiger partial charge in [-0.15, -0.1) is 0 Å². The highest BCUT2D eigenvalue weighted by molar-refractivity contribution is 6.01. The molecule has 0 radical (unpaired) electrons. The van der Waals surface area contributed by atoms with Crippen LogP contribution in [0.5, 0.6) is 5.75 Å². The summed E-state index contributed by atoms with van der Waals surface area (Å²) in [7, 11) is 3.06. The SMILES string of the molecule is CNC(=O)c1cc(C(=O)NC)cc(-c2ccc(O[C@H]3OC(CO)CC(C)C3O)cc2)c1. The molecular weight excluding hydrogens is 400 g/mol. The van der Waals surface area contributed by atoms with Gasteiger partial charge in [-0.05, 0) is 53.8 Å². The number of hydrogen-bond donors (Lipinski definition) is 4. The van der Waals surface area contributed by atoms with E-state index in [0.29, 0.717) is 28.9 Å². The maximum absolute atomic E-state index is 12.1. The fourth-order valence-electron chi connectivity index (χ4n) is 3.57. The van der Waals surface area contributed by atoms with Crippen molar-refractivity contribution in [3.63, 3.8) is 0 Å². The normalized spacial score (nSPS) is 23.1. The van der Waals surface area contributed by atoms with Crippen molar-refractivity contribution in [3.05, 3.63) is 53.6 Å². The quantitative estimate of drug-likeness (QED) is 0.555. The van der Waals surface area contributed by atoms with E-state index >= 15 is 0 Å². The average Bonchev–Trinajstić information content (AvgIpc) is 2.80. The number of carbonyl (C=O) groups excluding carboxylic acids is 2. The summed E-state index contributed by atoms with van der Waals surface area (Å²) in [5.41, 5.74) is 2.24. The Hall–Kier alpha value is -2.94. The Labute approximate surface area is 181 Å². The number of benzene rings is 2. The Kier molecular flexibility index (Phi) is 7.27. The van der Waals surface area contributed by atoms with Crippen LogP contribution in [-0.4, -0.2) is 61.2 Å². The van der Waals surface area contributed by atoms with Crippen LogP contribution in [0, 0.1) is 5.92 Å². The van der Waals surface area contributed by atoms with E-state index in [2.05, 4.69) is 10.6 Å². The first-order chi connectivity index (χ1) is 14.9. The molecule has 2 amide bonds. The van der Waals surface area contributed by atoms with Crippen LogP contribution in [0.15, 0.2) is 42.5 Å². The molecule has 166 valence electrons. The molecule has 1 aliphatic heterocycles. The molecule has 0 bridgehead atoms. The Morgan fingerprint density at radius 1 is 1.03 bits per heavy atom. The van der Waals surface area contributed by atoms with E-state index in [4.69, 9.17) is 9.47 Å². The summed E-state index contributed by atoms with van der Waals surface area (Å²) >= 11 is 0. The van der Waals surface area contributed by atoms with Crippen molar-refractivity contribution in [1.29, 1.82) is 0 Å². The molecule has 0 aromatic heterocycles. The standard InChI is InChI=1S/C23H28N2O6/c1-13-8-19(12-26)31-23(20(13)27)30-18-6-4-14(5-7-18)15-9-16(21(28)24-2)11-17(10-15)22(29)25-3/h4-7,9-11,13,19-20,23,26-27H,8,12H2,1-3H3,(H,24,28)(H,25,29)/t13?,19?,20?,23-/m0/s1. The molecule has 3 rings (SSSR count). The predicted octanol–water partition coefficient (Wildman–Crippen LogP) is 1.56. The van der Waals surface area contributed by atoms with Gasteiger partial charge in [-0.2, -0.15) is 0 Å². The molecular formula is C23H28N2O6. The Morgan fingerprint density at radius 3 is 2.13 bits per heavy atom. The molecule has 4 atom stereocenters. The third-order valence-electron chi connectivity index (χ3n) is 5.38. The number of nitrogens with one attached hydrogen (secondary N) is 2. The van der Waals surface area contributed by atoms with Gasteiger partial charge in [0, 0.05) is 25.2 Å². The summed E-state index contributed by atoms with van der Waals surface area (Å²) < 4.78 is 11.4. The number of aliphatic hydroxyl groups excluding tert-OH is 2. The highest BCUT2D eigenvalue weighted by Gasteiger charge is 2.36. The molecule has 1 aliphatic rings. The van der Waals surface area contributed by atoms with Crippen LogP contribution in [0.1, 0.15) is 34.1 Å². The minimum atomic E-state index is -0.872. The fourth-order valence-corrected chi connectivity index (χ4v) is 3.57. The fraction of sp³-hybridized carbons (Fsp3) is 0.391. The number of ether oxygens (including phenoxy) is 2. The molecule has 1 fully saturated rings. The third-order valence-corrected chi connectivity index (χ3v) is 5.38. The largest absolute Gasteiger partial charge is 0.462 e. The van der Waals surface area contributed by atoms with Gasteiger partial charge in [0.15, 0.2) is 0 Å². The maximum atomic E-state index is 12.1. The van der Waals surface area contributed by atoms with Gasteiger partial charge in [0.2, 0.25) is 6.29 Å². The highest BCUT2D eigenvalue weighted by Crippen LogP contribution is 2.29. The van der Waals surface area contributed by atoms with Gasteiger partial charge in [0.25, 0.3) is 11.8 Å². The van der Waals surface area contributed by atoms with Crippen molar-refractivity contribution in [3.8, 4) is 16.9 Å². The third kappa shape index (κ3) is 5.22. The molecule has 2 aromatic rings. The zero-order valence-corrected chi connectivity index (χ0v) is 17.8. The molecule has 3 unspecified atom stereocenters. The first kappa shape index (κ1) is 22.7.